The van der Waals surface area contributed by atoms with Gasteiger partial charge in [0, 0.05) is 6.42 Å². The minimum absolute atomic E-state index is 0.127. The van der Waals surface area contributed by atoms with Crippen molar-refractivity contribution >= 4 is 5.78 Å². The first-order valence-corrected chi connectivity index (χ1v) is 6.78. The van der Waals surface area contributed by atoms with Crippen molar-refractivity contribution in [3.8, 4) is 0 Å². The first kappa shape index (κ1) is 14.9. The minimum atomic E-state index is -0.689. The third-order valence-corrected chi connectivity index (χ3v) is 3.42. The molecule has 0 heterocycles. The van der Waals surface area contributed by atoms with Crippen LogP contribution in [-0.4, -0.2) is 11.3 Å². The van der Waals surface area contributed by atoms with Crippen molar-refractivity contribution in [2.45, 2.75) is 58.4 Å². The maximum atomic E-state index is 12.1. The van der Waals surface area contributed by atoms with Crippen LogP contribution >= 0.6 is 0 Å². The van der Waals surface area contributed by atoms with E-state index in [0.717, 1.165) is 18.4 Å². The van der Waals surface area contributed by atoms with Crippen molar-refractivity contribution in [3.05, 3.63) is 35.4 Å². The molecule has 2 N–H and O–H groups in total. The first-order chi connectivity index (χ1) is 8.36. The van der Waals surface area contributed by atoms with Gasteiger partial charge >= 0.3 is 0 Å². The van der Waals surface area contributed by atoms with Gasteiger partial charge in [0.25, 0.3) is 0 Å². The van der Waals surface area contributed by atoms with Crippen molar-refractivity contribution in [1.29, 1.82) is 0 Å². The van der Waals surface area contributed by atoms with E-state index in [9.17, 15) is 4.79 Å². The summed E-state index contributed by atoms with van der Waals surface area (Å²) in [6.07, 6.45) is 2.12. The molecule has 0 aliphatic carbocycles. The van der Waals surface area contributed by atoms with Crippen molar-refractivity contribution in [2.24, 2.45) is 5.73 Å². The lowest BCUT2D eigenvalue weighted by molar-refractivity contribution is -0.123. The number of nitrogens with two attached hydrogens (primary N) is 1. The van der Waals surface area contributed by atoms with Gasteiger partial charge in [0.2, 0.25) is 0 Å². The molecular weight excluding hydrogens is 222 g/mol. The summed E-state index contributed by atoms with van der Waals surface area (Å²) in [4.78, 5) is 12.1. The average molecular weight is 247 g/mol. The lowest BCUT2D eigenvalue weighted by Crippen LogP contribution is -2.45. The predicted molar refractivity (Wildman–Crippen MR) is 76.7 cm³/mol. The summed E-state index contributed by atoms with van der Waals surface area (Å²) in [7, 11) is 0. The number of carbonyl (C=O) groups excluding carboxylic acids is 1. The predicted octanol–water partition coefficient (Wildman–Crippen LogP) is 3.44. The van der Waals surface area contributed by atoms with Crippen molar-refractivity contribution < 1.29 is 4.79 Å². The van der Waals surface area contributed by atoms with E-state index >= 15 is 0 Å². The van der Waals surface area contributed by atoms with Crippen LogP contribution in [0.25, 0.3) is 0 Å². The molecule has 1 unspecified atom stereocenters. The van der Waals surface area contributed by atoms with Gasteiger partial charge in [-0.2, -0.15) is 0 Å². The molecule has 0 fully saturated rings. The van der Waals surface area contributed by atoms with Crippen LogP contribution in [0.1, 0.15) is 57.6 Å². The highest BCUT2D eigenvalue weighted by atomic mass is 16.1. The molecule has 0 amide bonds. The fraction of sp³-hybridized carbons (Fsp3) is 0.562. The number of ketones is 1. The molecule has 0 aliphatic rings. The molecular formula is C16H25NO. The summed E-state index contributed by atoms with van der Waals surface area (Å²) in [5.74, 6) is 0.649. The SMILES string of the molecule is CCCC(C)(N)C(=O)Cc1ccc(C(C)C)cc1. The van der Waals surface area contributed by atoms with Gasteiger partial charge in [0.1, 0.15) is 0 Å². The molecule has 1 aromatic carbocycles. The third kappa shape index (κ3) is 3.95. The van der Waals surface area contributed by atoms with Gasteiger partial charge in [-0.05, 0) is 30.4 Å². The molecule has 100 valence electrons. The highest BCUT2D eigenvalue weighted by Crippen LogP contribution is 2.17. The van der Waals surface area contributed by atoms with Crippen LogP contribution in [0.5, 0.6) is 0 Å². The van der Waals surface area contributed by atoms with E-state index in [2.05, 4.69) is 32.9 Å². The van der Waals surface area contributed by atoms with Gasteiger partial charge in [0.05, 0.1) is 5.54 Å². The quantitative estimate of drug-likeness (QED) is 0.836. The first-order valence-electron chi connectivity index (χ1n) is 6.78. The molecule has 2 heteroatoms. The van der Waals surface area contributed by atoms with Crippen LogP contribution in [0.2, 0.25) is 0 Å². The topological polar surface area (TPSA) is 43.1 Å². The Labute approximate surface area is 111 Å². The van der Waals surface area contributed by atoms with Crippen LogP contribution in [0.15, 0.2) is 24.3 Å². The van der Waals surface area contributed by atoms with E-state index in [-0.39, 0.29) is 5.78 Å². The highest BCUT2D eigenvalue weighted by molar-refractivity contribution is 5.89. The maximum Gasteiger partial charge on any atom is 0.156 e. The van der Waals surface area contributed by atoms with Crippen molar-refractivity contribution in [2.75, 3.05) is 0 Å². The number of rotatable bonds is 6. The molecule has 0 aliphatic heterocycles. The van der Waals surface area contributed by atoms with E-state index in [1.54, 1.807) is 0 Å². The maximum absolute atomic E-state index is 12.1. The van der Waals surface area contributed by atoms with Gasteiger partial charge in [0.15, 0.2) is 5.78 Å². The fourth-order valence-electron chi connectivity index (χ4n) is 2.07. The lowest BCUT2D eigenvalue weighted by atomic mass is 9.88. The number of hydrogen-bond donors (Lipinski definition) is 1. The second-order valence-electron chi connectivity index (χ2n) is 5.66. The standard InChI is InChI=1S/C16H25NO/c1-5-10-16(4,17)15(18)11-13-6-8-14(9-7-13)12(2)3/h6-9,12H,5,10-11,17H2,1-4H3. The Hall–Kier alpha value is -1.15. The van der Waals surface area contributed by atoms with Crippen LogP contribution in [0, 0.1) is 0 Å². The Morgan fingerprint density at radius 3 is 2.28 bits per heavy atom. The molecule has 18 heavy (non-hydrogen) atoms. The Bertz CT molecular complexity index is 390. The Morgan fingerprint density at radius 2 is 1.83 bits per heavy atom. The van der Waals surface area contributed by atoms with E-state index in [4.69, 9.17) is 5.73 Å². The molecule has 0 spiro atoms. The zero-order valence-corrected chi connectivity index (χ0v) is 12.0. The zero-order valence-electron chi connectivity index (χ0n) is 12.0. The Balaban J connectivity index is 2.70. The smallest absolute Gasteiger partial charge is 0.156 e. The fourth-order valence-corrected chi connectivity index (χ4v) is 2.07. The summed E-state index contributed by atoms with van der Waals surface area (Å²) in [5, 5.41) is 0. The molecule has 2 nitrogen and oxygen atoms in total. The molecule has 1 rings (SSSR count). The summed E-state index contributed by atoms with van der Waals surface area (Å²) in [6, 6.07) is 8.27. The summed E-state index contributed by atoms with van der Waals surface area (Å²) < 4.78 is 0. The van der Waals surface area contributed by atoms with Crippen LogP contribution < -0.4 is 5.73 Å². The van der Waals surface area contributed by atoms with Gasteiger partial charge in [-0.15, -0.1) is 0 Å². The van der Waals surface area contributed by atoms with Crippen LogP contribution in [-0.2, 0) is 11.2 Å². The van der Waals surface area contributed by atoms with E-state index in [1.165, 1.54) is 5.56 Å². The van der Waals surface area contributed by atoms with Crippen molar-refractivity contribution in [3.63, 3.8) is 0 Å². The van der Waals surface area contributed by atoms with E-state index in [1.807, 2.05) is 19.1 Å². The molecule has 0 saturated carbocycles. The second kappa shape index (κ2) is 6.14. The number of Topliss-reactive ketones (excluding diaryl/α,β-unsaturated/α-hetero) is 1. The molecule has 0 bridgehead atoms. The van der Waals surface area contributed by atoms with E-state index < -0.39 is 5.54 Å². The van der Waals surface area contributed by atoms with Gasteiger partial charge in [-0.1, -0.05) is 51.5 Å². The monoisotopic (exact) mass is 247 g/mol. The molecule has 0 saturated heterocycles. The number of benzene rings is 1. The molecule has 0 aromatic heterocycles. The van der Waals surface area contributed by atoms with E-state index in [0.29, 0.717) is 12.3 Å². The number of hydrogen-bond acceptors (Lipinski definition) is 2. The average Bonchev–Trinajstić information content (AvgIpc) is 2.29. The van der Waals surface area contributed by atoms with Crippen LogP contribution in [0.4, 0.5) is 0 Å². The zero-order chi connectivity index (χ0) is 13.8. The highest BCUT2D eigenvalue weighted by Gasteiger charge is 2.26. The van der Waals surface area contributed by atoms with Crippen molar-refractivity contribution in [1.82, 2.24) is 0 Å². The summed E-state index contributed by atoms with van der Waals surface area (Å²) >= 11 is 0. The molecule has 1 aromatic rings. The lowest BCUT2D eigenvalue weighted by Gasteiger charge is -2.22. The second-order valence-corrected chi connectivity index (χ2v) is 5.66. The largest absolute Gasteiger partial charge is 0.319 e. The van der Waals surface area contributed by atoms with Gasteiger partial charge < -0.3 is 5.73 Å². The number of carbonyl (C=O) groups is 1. The molecule has 0 radical (unpaired) electrons. The summed E-state index contributed by atoms with van der Waals surface area (Å²) in [5.41, 5.74) is 7.71. The van der Waals surface area contributed by atoms with Gasteiger partial charge in [-0.3, -0.25) is 4.79 Å². The Kier molecular flexibility index (Phi) is 5.09. The normalized spacial score (nSPS) is 14.6. The molecule has 1 atom stereocenters. The van der Waals surface area contributed by atoms with Crippen LogP contribution in [0.3, 0.4) is 0 Å². The summed E-state index contributed by atoms with van der Waals surface area (Å²) in [6.45, 7) is 8.22. The third-order valence-electron chi connectivity index (χ3n) is 3.42. The Morgan fingerprint density at radius 1 is 1.28 bits per heavy atom. The van der Waals surface area contributed by atoms with Gasteiger partial charge in [-0.25, -0.2) is 0 Å². The minimum Gasteiger partial charge on any atom is -0.319 e.